The number of rotatable bonds is 0. The number of nitrogens with one attached hydrogen (secondary N) is 1. The van der Waals surface area contributed by atoms with Crippen molar-refractivity contribution < 1.29 is 9.90 Å². The highest BCUT2D eigenvalue weighted by atomic mass is 16.3. The lowest BCUT2D eigenvalue weighted by molar-refractivity contribution is 0.0938. The van der Waals surface area contributed by atoms with Crippen LogP contribution < -0.4 is 5.32 Å². The monoisotopic (exact) mass is 177 g/mol. The maximum absolute atomic E-state index is 11.4. The van der Waals surface area contributed by atoms with Crippen LogP contribution in [-0.2, 0) is 5.54 Å². The molecule has 1 heterocycles. The first kappa shape index (κ1) is 8.10. The summed E-state index contributed by atoms with van der Waals surface area (Å²) in [6.07, 6.45) is 0. The van der Waals surface area contributed by atoms with E-state index in [1.165, 1.54) is 6.07 Å². The molecule has 0 saturated carbocycles. The van der Waals surface area contributed by atoms with Gasteiger partial charge < -0.3 is 10.4 Å². The van der Waals surface area contributed by atoms with Crippen molar-refractivity contribution in [2.75, 3.05) is 0 Å². The maximum Gasteiger partial charge on any atom is 0.256 e. The molecule has 1 aromatic carbocycles. The summed E-state index contributed by atoms with van der Waals surface area (Å²) in [5.41, 5.74) is 0.899. The summed E-state index contributed by atoms with van der Waals surface area (Å²) in [4.78, 5) is 11.4. The molecule has 2 N–H and O–H groups in total. The van der Waals surface area contributed by atoms with Crippen molar-refractivity contribution in [3.05, 3.63) is 29.3 Å². The van der Waals surface area contributed by atoms with Crippen molar-refractivity contribution in [3.63, 3.8) is 0 Å². The van der Waals surface area contributed by atoms with E-state index in [2.05, 4.69) is 5.32 Å². The van der Waals surface area contributed by atoms with Gasteiger partial charge in [-0.05, 0) is 25.5 Å². The number of hydrogen-bond acceptors (Lipinski definition) is 2. The summed E-state index contributed by atoms with van der Waals surface area (Å²) in [6, 6.07) is 5.13. The molecule has 0 saturated heterocycles. The summed E-state index contributed by atoms with van der Waals surface area (Å²) in [7, 11) is 0. The van der Waals surface area contributed by atoms with Crippen LogP contribution in [0.25, 0.3) is 0 Å². The third-order valence-electron chi connectivity index (χ3n) is 2.37. The van der Waals surface area contributed by atoms with Gasteiger partial charge in [0, 0.05) is 0 Å². The lowest BCUT2D eigenvalue weighted by Gasteiger charge is -2.18. The molecule has 0 fully saturated rings. The van der Waals surface area contributed by atoms with Crippen LogP contribution >= 0.6 is 0 Å². The van der Waals surface area contributed by atoms with Crippen molar-refractivity contribution in [3.8, 4) is 5.75 Å². The molecule has 13 heavy (non-hydrogen) atoms. The second-order valence-electron chi connectivity index (χ2n) is 3.78. The Morgan fingerprint density at radius 1 is 1.38 bits per heavy atom. The van der Waals surface area contributed by atoms with Crippen LogP contribution in [0.4, 0.5) is 0 Å². The molecule has 0 radical (unpaired) electrons. The molecule has 68 valence electrons. The highest BCUT2D eigenvalue weighted by Gasteiger charge is 2.36. The fourth-order valence-corrected chi connectivity index (χ4v) is 1.71. The standard InChI is InChI=1S/C10H11NO2/c1-10(2)6-4-3-5-7(12)8(6)9(13)11-10/h3-5,12H,1-2H3,(H,11,13). The van der Waals surface area contributed by atoms with Crippen LogP contribution in [0.15, 0.2) is 18.2 Å². The maximum atomic E-state index is 11.4. The molecule has 3 nitrogen and oxygen atoms in total. The summed E-state index contributed by atoms with van der Waals surface area (Å²) in [5, 5.41) is 12.3. The Bertz CT molecular complexity index is 383. The zero-order chi connectivity index (χ0) is 9.64. The van der Waals surface area contributed by atoms with E-state index in [0.29, 0.717) is 5.56 Å². The van der Waals surface area contributed by atoms with Gasteiger partial charge in [-0.3, -0.25) is 4.79 Å². The van der Waals surface area contributed by atoms with E-state index in [-0.39, 0.29) is 17.2 Å². The molecule has 0 aromatic heterocycles. The van der Waals surface area contributed by atoms with Crippen molar-refractivity contribution in [1.82, 2.24) is 5.32 Å². The molecule has 1 aliphatic heterocycles. The zero-order valence-corrected chi connectivity index (χ0v) is 7.59. The van der Waals surface area contributed by atoms with E-state index in [4.69, 9.17) is 0 Å². The van der Waals surface area contributed by atoms with Gasteiger partial charge >= 0.3 is 0 Å². The molecule has 0 spiro atoms. The number of carbonyl (C=O) groups excluding carboxylic acids is 1. The molecular weight excluding hydrogens is 166 g/mol. The average molecular weight is 177 g/mol. The van der Waals surface area contributed by atoms with Crippen LogP contribution in [-0.4, -0.2) is 11.0 Å². The number of carbonyl (C=O) groups is 1. The van der Waals surface area contributed by atoms with Gasteiger partial charge in [0.15, 0.2) is 0 Å². The van der Waals surface area contributed by atoms with Gasteiger partial charge in [0.1, 0.15) is 5.75 Å². The molecule has 0 unspecified atom stereocenters. The summed E-state index contributed by atoms with van der Waals surface area (Å²) in [6.45, 7) is 3.83. The summed E-state index contributed by atoms with van der Waals surface area (Å²) < 4.78 is 0. The first-order chi connectivity index (χ1) is 6.02. The Labute approximate surface area is 76.4 Å². The Balaban J connectivity index is 2.72. The first-order valence-electron chi connectivity index (χ1n) is 4.17. The molecule has 0 bridgehead atoms. The molecule has 1 aromatic rings. The smallest absolute Gasteiger partial charge is 0.256 e. The number of amides is 1. The number of fused-ring (bicyclic) bond motifs is 1. The van der Waals surface area contributed by atoms with Gasteiger partial charge in [0.05, 0.1) is 11.1 Å². The Hall–Kier alpha value is -1.51. The third-order valence-corrected chi connectivity index (χ3v) is 2.37. The molecular formula is C10H11NO2. The van der Waals surface area contributed by atoms with E-state index >= 15 is 0 Å². The molecule has 0 aliphatic carbocycles. The van der Waals surface area contributed by atoms with Crippen LogP contribution in [0.2, 0.25) is 0 Å². The largest absolute Gasteiger partial charge is 0.507 e. The summed E-state index contributed by atoms with van der Waals surface area (Å²) in [5.74, 6) is -0.140. The Morgan fingerprint density at radius 3 is 2.69 bits per heavy atom. The van der Waals surface area contributed by atoms with Crippen LogP contribution in [0.3, 0.4) is 0 Å². The molecule has 1 aliphatic rings. The predicted molar refractivity (Wildman–Crippen MR) is 48.6 cm³/mol. The lowest BCUT2D eigenvalue weighted by atomic mass is 9.94. The number of benzene rings is 1. The van der Waals surface area contributed by atoms with E-state index in [1.54, 1.807) is 6.07 Å². The van der Waals surface area contributed by atoms with E-state index in [9.17, 15) is 9.90 Å². The van der Waals surface area contributed by atoms with Gasteiger partial charge in [0.25, 0.3) is 5.91 Å². The van der Waals surface area contributed by atoms with Crippen LogP contribution in [0.5, 0.6) is 5.75 Å². The molecule has 2 rings (SSSR count). The van der Waals surface area contributed by atoms with Crippen LogP contribution in [0.1, 0.15) is 29.8 Å². The topological polar surface area (TPSA) is 49.3 Å². The van der Waals surface area contributed by atoms with Crippen LogP contribution in [0, 0.1) is 0 Å². The Kier molecular flexibility index (Phi) is 1.40. The Morgan fingerprint density at radius 2 is 2.08 bits per heavy atom. The second-order valence-corrected chi connectivity index (χ2v) is 3.78. The molecule has 0 atom stereocenters. The van der Waals surface area contributed by atoms with Crippen molar-refractivity contribution in [2.24, 2.45) is 0 Å². The van der Waals surface area contributed by atoms with Gasteiger partial charge in [-0.15, -0.1) is 0 Å². The number of hydrogen-bond donors (Lipinski definition) is 2. The normalized spacial score (nSPS) is 18.2. The molecule has 1 amide bonds. The highest BCUT2D eigenvalue weighted by molar-refractivity contribution is 6.02. The summed E-state index contributed by atoms with van der Waals surface area (Å²) >= 11 is 0. The minimum atomic E-state index is -0.370. The van der Waals surface area contributed by atoms with Gasteiger partial charge in [-0.25, -0.2) is 0 Å². The fraction of sp³-hybridized carbons (Fsp3) is 0.300. The van der Waals surface area contributed by atoms with E-state index in [0.717, 1.165) is 5.56 Å². The number of phenols is 1. The predicted octanol–water partition coefficient (Wildman–Crippen LogP) is 1.37. The molecule has 3 heteroatoms. The van der Waals surface area contributed by atoms with Gasteiger partial charge in [0.2, 0.25) is 0 Å². The highest BCUT2D eigenvalue weighted by Crippen LogP contribution is 2.34. The zero-order valence-electron chi connectivity index (χ0n) is 7.59. The fourth-order valence-electron chi connectivity index (χ4n) is 1.71. The number of phenolic OH excluding ortho intramolecular Hbond substituents is 1. The van der Waals surface area contributed by atoms with Crippen molar-refractivity contribution in [2.45, 2.75) is 19.4 Å². The first-order valence-corrected chi connectivity index (χ1v) is 4.17. The SMILES string of the molecule is CC1(C)NC(=O)c2c(O)cccc21. The second kappa shape index (κ2) is 2.25. The quantitative estimate of drug-likeness (QED) is 0.628. The minimum Gasteiger partial charge on any atom is -0.507 e. The van der Waals surface area contributed by atoms with Gasteiger partial charge in [-0.2, -0.15) is 0 Å². The van der Waals surface area contributed by atoms with E-state index in [1.807, 2.05) is 19.9 Å². The third kappa shape index (κ3) is 1.00. The van der Waals surface area contributed by atoms with Crippen molar-refractivity contribution >= 4 is 5.91 Å². The van der Waals surface area contributed by atoms with E-state index < -0.39 is 0 Å². The minimum absolute atomic E-state index is 0.0561. The lowest BCUT2D eigenvalue weighted by Crippen LogP contribution is -2.32. The number of aromatic hydroxyl groups is 1. The van der Waals surface area contributed by atoms with Gasteiger partial charge in [-0.1, -0.05) is 12.1 Å². The average Bonchev–Trinajstić information content (AvgIpc) is 2.24. The van der Waals surface area contributed by atoms with Crippen molar-refractivity contribution in [1.29, 1.82) is 0 Å².